The molecule has 0 fully saturated rings. The molecule has 2 aromatic carbocycles. The summed E-state index contributed by atoms with van der Waals surface area (Å²) in [5, 5.41) is 5.04. The first-order valence-electron chi connectivity index (χ1n) is 8.30. The molecule has 0 saturated carbocycles. The van der Waals surface area contributed by atoms with Crippen molar-refractivity contribution in [1.29, 1.82) is 0 Å². The summed E-state index contributed by atoms with van der Waals surface area (Å²) in [7, 11) is 4.21. The van der Waals surface area contributed by atoms with Gasteiger partial charge in [-0.05, 0) is 18.2 Å². The number of halogens is 2. The van der Waals surface area contributed by atoms with Crippen LogP contribution in [0.5, 0.6) is 23.0 Å². The summed E-state index contributed by atoms with van der Waals surface area (Å²) in [6.45, 7) is -3.35. The summed E-state index contributed by atoms with van der Waals surface area (Å²) in [5.41, 5.74) is 0.537. The first-order chi connectivity index (χ1) is 13.9. The average Bonchev–Trinajstić information content (AvgIpc) is 2.71. The molecule has 0 unspecified atom stereocenters. The van der Waals surface area contributed by atoms with E-state index in [9.17, 15) is 18.4 Å². The number of methoxy groups -OCH3 is 3. The fourth-order valence-corrected chi connectivity index (χ4v) is 2.35. The van der Waals surface area contributed by atoms with E-state index in [-0.39, 0.29) is 23.6 Å². The number of carbonyl (C=O) groups excluding carboxylic acids is 2. The van der Waals surface area contributed by atoms with E-state index < -0.39 is 18.4 Å². The third-order valence-corrected chi connectivity index (χ3v) is 3.69. The maximum atomic E-state index is 12.4. The van der Waals surface area contributed by atoms with Crippen LogP contribution in [0.4, 0.5) is 14.5 Å². The minimum atomic E-state index is -3.03. The van der Waals surface area contributed by atoms with Crippen LogP contribution >= 0.6 is 0 Å². The number of anilines is 1. The number of hydrogen-bond acceptors (Lipinski definition) is 6. The molecule has 2 amide bonds. The van der Waals surface area contributed by atoms with Crippen LogP contribution in [0.2, 0.25) is 0 Å². The van der Waals surface area contributed by atoms with E-state index in [1.165, 1.54) is 39.5 Å². The normalized spacial score (nSPS) is 10.3. The number of nitrogens with one attached hydrogen (secondary N) is 2. The van der Waals surface area contributed by atoms with Crippen LogP contribution in [0, 0.1) is 0 Å². The van der Waals surface area contributed by atoms with Crippen molar-refractivity contribution in [3.05, 3.63) is 42.0 Å². The van der Waals surface area contributed by atoms with Gasteiger partial charge in [-0.25, -0.2) is 0 Å². The minimum absolute atomic E-state index is 0.0362. The molecule has 29 heavy (non-hydrogen) atoms. The maximum Gasteiger partial charge on any atom is 0.387 e. The average molecular weight is 410 g/mol. The number of hydrogen-bond donors (Lipinski definition) is 2. The van der Waals surface area contributed by atoms with Crippen molar-refractivity contribution in [3.8, 4) is 23.0 Å². The quantitative estimate of drug-likeness (QED) is 0.660. The molecule has 2 N–H and O–H groups in total. The number of carbonyl (C=O) groups is 2. The van der Waals surface area contributed by atoms with Crippen molar-refractivity contribution in [2.45, 2.75) is 6.61 Å². The molecule has 0 bridgehead atoms. The van der Waals surface area contributed by atoms with E-state index in [0.29, 0.717) is 17.2 Å². The molecule has 156 valence electrons. The Bertz CT molecular complexity index is 854. The number of alkyl halides is 2. The molecule has 0 aliphatic carbocycles. The van der Waals surface area contributed by atoms with Gasteiger partial charge in [-0.15, -0.1) is 0 Å². The van der Waals surface area contributed by atoms with Crippen molar-refractivity contribution in [3.63, 3.8) is 0 Å². The zero-order chi connectivity index (χ0) is 21.4. The third-order valence-electron chi connectivity index (χ3n) is 3.69. The summed E-state index contributed by atoms with van der Waals surface area (Å²) in [4.78, 5) is 24.3. The van der Waals surface area contributed by atoms with Gasteiger partial charge in [-0.2, -0.15) is 8.78 Å². The Morgan fingerprint density at radius 1 is 0.931 bits per heavy atom. The highest BCUT2D eigenvalue weighted by atomic mass is 19.3. The SMILES string of the molecule is COc1cc(NC(=O)CNC(=O)c2ccc(OC(F)F)c(OC)c2)cc(OC)c1. The van der Waals surface area contributed by atoms with E-state index in [0.717, 1.165) is 0 Å². The first-order valence-corrected chi connectivity index (χ1v) is 8.30. The molecule has 0 spiro atoms. The summed E-state index contributed by atoms with van der Waals surface area (Å²) in [6, 6.07) is 8.52. The molecule has 0 aromatic heterocycles. The van der Waals surface area contributed by atoms with Crippen molar-refractivity contribution >= 4 is 17.5 Å². The predicted octanol–water partition coefficient (Wildman–Crippen LogP) is 2.68. The van der Waals surface area contributed by atoms with E-state index in [1.807, 2.05) is 0 Å². The van der Waals surface area contributed by atoms with Gasteiger partial charge in [0.25, 0.3) is 5.91 Å². The van der Waals surface area contributed by atoms with Gasteiger partial charge in [0, 0.05) is 29.4 Å². The molecule has 0 radical (unpaired) electrons. The number of amides is 2. The van der Waals surface area contributed by atoms with Crippen LogP contribution < -0.4 is 29.6 Å². The Hall–Kier alpha value is -3.56. The molecule has 0 atom stereocenters. The number of ether oxygens (including phenoxy) is 4. The molecular weight excluding hydrogens is 390 g/mol. The Labute approximate surface area is 165 Å². The second-order valence-electron chi connectivity index (χ2n) is 5.58. The molecule has 0 heterocycles. The van der Waals surface area contributed by atoms with Crippen LogP contribution in [-0.2, 0) is 4.79 Å². The molecule has 0 saturated heterocycles. The maximum absolute atomic E-state index is 12.4. The fraction of sp³-hybridized carbons (Fsp3) is 0.263. The topological polar surface area (TPSA) is 95.1 Å². The lowest BCUT2D eigenvalue weighted by molar-refractivity contribution is -0.115. The van der Waals surface area contributed by atoms with Crippen LogP contribution in [0.25, 0.3) is 0 Å². The zero-order valence-corrected chi connectivity index (χ0v) is 16.0. The number of rotatable bonds is 9. The molecule has 2 aromatic rings. The largest absolute Gasteiger partial charge is 0.497 e. The van der Waals surface area contributed by atoms with Crippen LogP contribution in [0.1, 0.15) is 10.4 Å². The summed E-state index contributed by atoms with van der Waals surface area (Å²) in [6.07, 6.45) is 0. The molecule has 8 nitrogen and oxygen atoms in total. The smallest absolute Gasteiger partial charge is 0.387 e. The van der Waals surface area contributed by atoms with E-state index in [4.69, 9.17) is 14.2 Å². The summed E-state index contributed by atoms with van der Waals surface area (Å²) < 4.78 is 44.2. The van der Waals surface area contributed by atoms with Gasteiger partial charge in [0.15, 0.2) is 11.5 Å². The standard InChI is InChI=1S/C19H20F2N2O6/c1-26-13-7-12(8-14(9-13)27-2)23-17(24)10-22-18(25)11-4-5-15(29-19(20)21)16(6-11)28-3/h4-9,19H,10H2,1-3H3,(H,22,25)(H,23,24). The number of benzene rings is 2. The molecule has 0 aliphatic heterocycles. The van der Waals surface area contributed by atoms with E-state index in [1.54, 1.807) is 18.2 Å². The highest BCUT2D eigenvalue weighted by Crippen LogP contribution is 2.29. The first kappa shape index (κ1) is 21.7. The van der Waals surface area contributed by atoms with Gasteiger partial charge < -0.3 is 29.6 Å². The Balaban J connectivity index is 1.99. The second-order valence-corrected chi connectivity index (χ2v) is 5.58. The van der Waals surface area contributed by atoms with Crippen molar-refractivity contribution in [2.75, 3.05) is 33.2 Å². The van der Waals surface area contributed by atoms with E-state index >= 15 is 0 Å². The lowest BCUT2D eigenvalue weighted by atomic mass is 10.2. The molecule has 10 heteroatoms. The lowest BCUT2D eigenvalue weighted by Crippen LogP contribution is -2.32. The van der Waals surface area contributed by atoms with Gasteiger partial charge in [-0.1, -0.05) is 0 Å². The minimum Gasteiger partial charge on any atom is -0.497 e. The summed E-state index contributed by atoms with van der Waals surface area (Å²) >= 11 is 0. The third kappa shape index (κ3) is 6.23. The highest BCUT2D eigenvalue weighted by Gasteiger charge is 2.15. The Morgan fingerprint density at radius 2 is 1.59 bits per heavy atom. The highest BCUT2D eigenvalue weighted by molar-refractivity contribution is 5.99. The van der Waals surface area contributed by atoms with Gasteiger partial charge in [0.1, 0.15) is 11.5 Å². The van der Waals surface area contributed by atoms with Crippen molar-refractivity contribution in [1.82, 2.24) is 5.32 Å². The van der Waals surface area contributed by atoms with Crippen molar-refractivity contribution in [2.24, 2.45) is 0 Å². The Morgan fingerprint density at radius 3 is 2.14 bits per heavy atom. The second kappa shape index (κ2) is 10.1. The predicted molar refractivity (Wildman–Crippen MR) is 100 cm³/mol. The summed E-state index contributed by atoms with van der Waals surface area (Å²) in [5.74, 6) is -0.345. The monoisotopic (exact) mass is 410 g/mol. The van der Waals surface area contributed by atoms with Crippen LogP contribution in [-0.4, -0.2) is 46.3 Å². The van der Waals surface area contributed by atoms with Gasteiger partial charge in [-0.3, -0.25) is 9.59 Å². The van der Waals surface area contributed by atoms with Crippen molar-refractivity contribution < 1.29 is 37.3 Å². The van der Waals surface area contributed by atoms with E-state index in [2.05, 4.69) is 15.4 Å². The van der Waals surface area contributed by atoms with Crippen LogP contribution in [0.3, 0.4) is 0 Å². The Kier molecular flexibility index (Phi) is 7.58. The van der Waals surface area contributed by atoms with Gasteiger partial charge >= 0.3 is 6.61 Å². The van der Waals surface area contributed by atoms with Crippen LogP contribution in [0.15, 0.2) is 36.4 Å². The lowest BCUT2D eigenvalue weighted by Gasteiger charge is -2.12. The molecule has 2 rings (SSSR count). The van der Waals surface area contributed by atoms with Gasteiger partial charge in [0.2, 0.25) is 5.91 Å². The molecule has 0 aliphatic rings. The van der Waals surface area contributed by atoms with Gasteiger partial charge in [0.05, 0.1) is 27.9 Å². The molecular formula is C19H20F2N2O6. The zero-order valence-electron chi connectivity index (χ0n) is 16.0. The fourth-order valence-electron chi connectivity index (χ4n) is 2.35.